The fourth-order valence-electron chi connectivity index (χ4n) is 2.52. The Balaban J connectivity index is 2.06. The second kappa shape index (κ2) is 6.83. The van der Waals surface area contributed by atoms with E-state index in [2.05, 4.69) is 5.32 Å². The van der Waals surface area contributed by atoms with Crippen molar-refractivity contribution in [1.29, 1.82) is 0 Å². The number of amides is 1. The van der Waals surface area contributed by atoms with Crippen LogP contribution in [0.3, 0.4) is 0 Å². The predicted octanol–water partition coefficient (Wildman–Crippen LogP) is 3.31. The van der Waals surface area contributed by atoms with Crippen LogP contribution >= 0.6 is 0 Å². The van der Waals surface area contributed by atoms with Gasteiger partial charge in [0.1, 0.15) is 17.5 Å². The van der Waals surface area contributed by atoms with Crippen molar-refractivity contribution in [2.45, 2.75) is 38.6 Å². The highest BCUT2D eigenvalue weighted by Gasteiger charge is 2.23. The molecule has 0 radical (unpaired) electrons. The van der Waals surface area contributed by atoms with E-state index in [0.29, 0.717) is 25.2 Å². The molecule has 0 aliphatic carbocycles. The van der Waals surface area contributed by atoms with Crippen LogP contribution in [-0.4, -0.2) is 29.9 Å². The van der Waals surface area contributed by atoms with Crippen LogP contribution in [-0.2, 0) is 4.79 Å². The van der Waals surface area contributed by atoms with E-state index in [1.165, 1.54) is 0 Å². The Kier molecular flexibility index (Phi) is 5.09. The molecule has 2 rings (SSSR count). The number of benzene rings is 1. The summed E-state index contributed by atoms with van der Waals surface area (Å²) in [6, 6.07) is 0.417. The van der Waals surface area contributed by atoms with Gasteiger partial charge in [0.05, 0.1) is 0 Å². The van der Waals surface area contributed by atoms with Crippen LogP contribution in [0.2, 0.25) is 0 Å². The molecular weight excluding hydrogens is 281 g/mol. The molecule has 21 heavy (non-hydrogen) atoms. The van der Waals surface area contributed by atoms with Crippen molar-refractivity contribution in [3.63, 3.8) is 0 Å². The molecule has 6 heteroatoms. The molecule has 1 unspecified atom stereocenters. The van der Waals surface area contributed by atoms with Gasteiger partial charge in [0, 0.05) is 25.2 Å². The largest absolute Gasteiger partial charge is 0.369 e. The van der Waals surface area contributed by atoms with Gasteiger partial charge in [-0.1, -0.05) is 12.8 Å². The van der Waals surface area contributed by atoms with Crippen LogP contribution in [0.1, 0.15) is 32.6 Å². The van der Waals surface area contributed by atoms with Gasteiger partial charge >= 0.3 is 0 Å². The summed E-state index contributed by atoms with van der Waals surface area (Å²) < 4.78 is 40.0. The molecule has 1 aromatic rings. The quantitative estimate of drug-likeness (QED) is 0.929. The van der Waals surface area contributed by atoms with E-state index >= 15 is 0 Å². The Bertz CT molecular complexity index is 491. The fraction of sp³-hybridized carbons (Fsp3) is 0.533. The lowest BCUT2D eigenvalue weighted by molar-refractivity contribution is -0.131. The van der Waals surface area contributed by atoms with Crippen molar-refractivity contribution in [3.05, 3.63) is 29.6 Å². The summed E-state index contributed by atoms with van der Waals surface area (Å²) in [5.74, 6) is -3.26. The molecule has 1 heterocycles. The second-order valence-corrected chi connectivity index (χ2v) is 5.35. The average molecular weight is 300 g/mol. The number of nitrogens with one attached hydrogen (secondary N) is 1. The van der Waals surface area contributed by atoms with E-state index in [-0.39, 0.29) is 5.91 Å². The monoisotopic (exact) mass is 300 g/mol. The Morgan fingerprint density at radius 2 is 1.62 bits per heavy atom. The Labute approximate surface area is 122 Å². The lowest BCUT2D eigenvalue weighted by atomic mass is 10.2. The summed E-state index contributed by atoms with van der Waals surface area (Å²) in [6.07, 6.45) is 4.06. The molecule has 116 valence electrons. The first-order valence-corrected chi connectivity index (χ1v) is 7.19. The highest BCUT2D eigenvalue weighted by Crippen LogP contribution is 2.21. The van der Waals surface area contributed by atoms with Gasteiger partial charge in [-0.25, -0.2) is 13.2 Å². The predicted molar refractivity (Wildman–Crippen MR) is 74.4 cm³/mol. The Hall–Kier alpha value is -1.72. The van der Waals surface area contributed by atoms with Gasteiger partial charge in [0.2, 0.25) is 5.91 Å². The smallest absolute Gasteiger partial charge is 0.244 e. The Morgan fingerprint density at radius 3 is 2.14 bits per heavy atom. The lowest BCUT2D eigenvalue weighted by Crippen LogP contribution is -2.42. The Morgan fingerprint density at radius 1 is 1.10 bits per heavy atom. The number of carbonyl (C=O) groups is 1. The summed E-state index contributed by atoms with van der Waals surface area (Å²) >= 11 is 0. The van der Waals surface area contributed by atoms with E-state index in [1.54, 1.807) is 11.8 Å². The van der Waals surface area contributed by atoms with Crippen LogP contribution < -0.4 is 5.32 Å². The molecule has 0 bridgehead atoms. The standard InChI is InChI=1S/C15H19F3N2O/c1-10(15(21)20-6-4-2-3-5-7-20)19-14-12(17)8-11(16)9-13(14)18/h8-10,19H,2-7H2,1H3. The summed E-state index contributed by atoms with van der Waals surface area (Å²) in [5, 5.41) is 2.52. The molecule has 1 aliphatic rings. The molecule has 1 fully saturated rings. The number of likely N-dealkylation sites (tertiary alicyclic amines) is 1. The minimum Gasteiger partial charge on any atom is -0.369 e. The van der Waals surface area contributed by atoms with E-state index in [0.717, 1.165) is 25.7 Å². The minimum absolute atomic E-state index is 0.194. The van der Waals surface area contributed by atoms with Gasteiger partial charge in [-0.05, 0) is 19.8 Å². The zero-order chi connectivity index (χ0) is 15.4. The van der Waals surface area contributed by atoms with Gasteiger partial charge in [-0.2, -0.15) is 0 Å². The van der Waals surface area contributed by atoms with Gasteiger partial charge < -0.3 is 10.2 Å². The maximum absolute atomic E-state index is 13.6. The number of hydrogen-bond acceptors (Lipinski definition) is 2. The third-order valence-corrected chi connectivity index (χ3v) is 3.66. The van der Waals surface area contributed by atoms with E-state index in [4.69, 9.17) is 0 Å². The van der Waals surface area contributed by atoms with Crippen molar-refractivity contribution in [2.24, 2.45) is 0 Å². The van der Waals surface area contributed by atoms with Crippen molar-refractivity contribution >= 4 is 11.6 Å². The summed E-state index contributed by atoms with van der Waals surface area (Å²) in [7, 11) is 0. The first-order valence-electron chi connectivity index (χ1n) is 7.19. The van der Waals surface area contributed by atoms with Crippen LogP contribution in [0.5, 0.6) is 0 Å². The number of rotatable bonds is 3. The maximum atomic E-state index is 13.6. The molecule has 0 saturated carbocycles. The van der Waals surface area contributed by atoms with Gasteiger partial charge in [0.25, 0.3) is 0 Å². The normalized spacial score (nSPS) is 17.2. The third kappa shape index (κ3) is 3.89. The molecule has 1 N–H and O–H groups in total. The number of halogens is 3. The van der Waals surface area contributed by atoms with Crippen LogP contribution in [0.15, 0.2) is 12.1 Å². The molecule has 1 aliphatic heterocycles. The molecule has 1 aromatic carbocycles. The minimum atomic E-state index is -1.04. The van der Waals surface area contributed by atoms with Crippen LogP contribution in [0.25, 0.3) is 0 Å². The van der Waals surface area contributed by atoms with Crippen molar-refractivity contribution in [3.8, 4) is 0 Å². The highest BCUT2D eigenvalue weighted by atomic mass is 19.1. The van der Waals surface area contributed by atoms with Crippen LogP contribution in [0.4, 0.5) is 18.9 Å². The lowest BCUT2D eigenvalue weighted by Gasteiger charge is -2.25. The number of carbonyl (C=O) groups excluding carboxylic acids is 1. The third-order valence-electron chi connectivity index (χ3n) is 3.66. The first-order chi connectivity index (χ1) is 9.99. The fourth-order valence-corrected chi connectivity index (χ4v) is 2.52. The van der Waals surface area contributed by atoms with Gasteiger partial charge in [-0.3, -0.25) is 4.79 Å². The van der Waals surface area contributed by atoms with Crippen molar-refractivity contribution < 1.29 is 18.0 Å². The molecular formula is C15H19F3N2O. The summed E-state index contributed by atoms with van der Waals surface area (Å²) in [5.41, 5.74) is -0.466. The molecule has 1 atom stereocenters. The molecule has 1 amide bonds. The average Bonchev–Trinajstić information content (AvgIpc) is 2.70. The van der Waals surface area contributed by atoms with E-state index in [1.807, 2.05) is 0 Å². The van der Waals surface area contributed by atoms with Crippen LogP contribution in [0, 0.1) is 17.5 Å². The SMILES string of the molecule is CC(Nc1c(F)cc(F)cc1F)C(=O)N1CCCCCC1. The topological polar surface area (TPSA) is 32.3 Å². The second-order valence-electron chi connectivity index (χ2n) is 5.35. The molecule has 0 aromatic heterocycles. The zero-order valence-electron chi connectivity index (χ0n) is 12.0. The highest BCUT2D eigenvalue weighted by molar-refractivity contribution is 5.84. The summed E-state index contributed by atoms with van der Waals surface area (Å²) in [4.78, 5) is 14.0. The zero-order valence-corrected chi connectivity index (χ0v) is 12.0. The molecule has 1 saturated heterocycles. The van der Waals surface area contributed by atoms with Gasteiger partial charge in [-0.15, -0.1) is 0 Å². The molecule has 0 spiro atoms. The maximum Gasteiger partial charge on any atom is 0.244 e. The summed E-state index contributed by atoms with van der Waals surface area (Å²) in [6.45, 7) is 2.88. The number of hydrogen-bond donors (Lipinski definition) is 1. The first kappa shape index (κ1) is 15.7. The number of nitrogens with zero attached hydrogens (tertiary/aromatic N) is 1. The van der Waals surface area contributed by atoms with E-state index in [9.17, 15) is 18.0 Å². The van der Waals surface area contributed by atoms with Crippen molar-refractivity contribution in [1.82, 2.24) is 4.90 Å². The van der Waals surface area contributed by atoms with Crippen molar-refractivity contribution in [2.75, 3.05) is 18.4 Å². The van der Waals surface area contributed by atoms with Gasteiger partial charge in [0.15, 0.2) is 11.6 Å². The molecule has 3 nitrogen and oxygen atoms in total. The van der Waals surface area contributed by atoms with E-state index < -0.39 is 29.2 Å². The number of anilines is 1.